The molecule has 0 atom stereocenters. The summed E-state index contributed by atoms with van der Waals surface area (Å²) in [6.45, 7) is 6.38. The zero-order chi connectivity index (χ0) is 9.52. The maximum Gasteiger partial charge on any atom is 0.0974 e. The predicted octanol–water partition coefficient (Wildman–Crippen LogP) is 0.302. The standard InChI is InChI=1S/C11H10N2/c1-3-5-6-7-8-13-10-9-12(4-2)11-13/h1,4H,2,9-11H2. The average molecular weight is 170 g/mol. The zero-order valence-electron chi connectivity index (χ0n) is 7.38. The number of hydrogen-bond acceptors (Lipinski definition) is 2. The van der Waals surface area contributed by atoms with Crippen LogP contribution in [0, 0.1) is 36.1 Å². The highest BCUT2D eigenvalue weighted by Crippen LogP contribution is 2.01. The van der Waals surface area contributed by atoms with Crippen molar-refractivity contribution in [3.05, 3.63) is 12.8 Å². The van der Waals surface area contributed by atoms with E-state index in [1.54, 1.807) is 0 Å². The van der Waals surface area contributed by atoms with Crippen molar-refractivity contribution in [1.82, 2.24) is 9.80 Å². The summed E-state index contributed by atoms with van der Waals surface area (Å²) in [6.07, 6.45) is 6.75. The molecule has 1 aliphatic heterocycles. The molecule has 0 aliphatic carbocycles. The summed E-state index contributed by atoms with van der Waals surface area (Å²) in [5, 5.41) is 0. The van der Waals surface area contributed by atoms with Crippen LogP contribution < -0.4 is 0 Å². The second kappa shape index (κ2) is 4.81. The molecule has 0 spiro atoms. The molecule has 64 valence electrons. The van der Waals surface area contributed by atoms with E-state index >= 15 is 0 Å². The summed E-state index contributed by atoms with van der Waals surface area (Å²) in [6, 6.07) is 2.91. The topological polar surface area (TPSA) is 6.48 Å². The van der Waals surface area contributed by atoms with Gasteiger partial charge in [-0.3, -0.25) is 0 Å². The van der Waals surface area contributed by atoms with Crippen molar-refractivity contribution in [3.8, 4) is 36.1 Å². The van der Waals surface area contributed by atoms with Crippen molar-refractivity contribution in [2.24, 2.45) is 0 Å². The largest absolute Gasteiger partial charge is 0.358 e. The maximum atomic E-state index is 4.94. The smallest absolute Gasteiger partial charge is 0.0974 e. The van der Waals surface area contributed by atoms with Crippen molar-refractivity contribution >= 4 is 0 Å². The van der Waals surface area contributed by atoms with E-state index in [2.05, 4.69) is 41.2 Å². The third-order valence-electron chi connectivity index (χ3n) is 1.68. The van der Waals surface area contributed by atoms with Gasteiger partial charge in [-0.25, -0.2) is 0 Å². The Balaban J connectivity index is 2.43. The first-order valence-corrected chi connectivity index (χ1v) is 3.94. The van der Waals surface area contributed by atoms with Gasteiger partial charge in [-0.2, -0.15) is 0 Å². The van der Waals surface area contributed by atoms with Gasteiger partial charge >= 0.3 is 0 Å². The summed E-state index contributed by atoms with van der Waals surface area (Å²) in [4.78, 5) is 4.07. The van der Waals surface area contributed by atoms with Crippen LogP contribution >= 0.6 is 0 Å². The molecule has 0 aromatic carbocycles. The first kappa shape index (κ1) is 9.11. The Kier molecular flexibility index (Phi) is 3.37. The van der Waals surface area contributed by atoms with Crippen LogP contribution in [0.5, 0.6) is 0 Å². The van der Waals surface area contributed by atoms with Gasteiger partial charge in [0.25, 0.3) is 0 Å². The van der Waals surface area contributed by atoms with Crippen LogP contribution in [0.1, 0.15) is 0 Å². The van der Waals surface area contributed by atoms with E-state index in [1.807, 2.05) is 11.1 Å². The van der Waals surface area contributed by atoms with Crippen LogP contribution in [0.2, 0.25) is 0 Å². The van der Waals surface area contributed by atoms with Gasteiger partial charge in [0, 0.05) is 31.0 Å². The van der Waals surface area contributed by atoms with E-state index in [0.717, 1.165) is 19.8 Å². The average Bonchev–Trinajstić information content (AvgIpc) is 2.60. The number of hydrogen-bond donors (Lipinski definition) is 0. The van der Waals surface area contributed by atoms with Crippen LogP contribution in [0.4, 0.5) is 0 Å². The molecule has 0 radical (unpaired) electrons. The van der Waals surface area contributed by atoms with E-state index in [1.165, 1.54) is 0 Å². The molecule has 0 aromatic heterocycles. The predicted molar refractivity (Wildman–Crippen MR) is 52.9 cm³/mol. The summed E-state index contributed by atoms with van der Waals surface area (Å²) < 4.78 is 0. The Morgan fingerprint density at radius 3 is 2.69 bits per heavy atom. The quantitative estimate of drug-likeness (QED) is 0.522. The van der Waals surface area contributed by atoms with E-state index in [4.69, 9.17) is 6.42 Å². The molecule has 1 aliphatic rings. The molecule has 2 nitrogen and oxygen atoms in total. The Hall–Kier alpha value is -1.98. The van der Waals surface area contributed by atoms with E-state index in [-0.39, 0.29) is 0 Å². The molecule has 13 heavy (non-hydrogen) atoms. The molecule has 2 heteroatoms. The van der Waals surface area contributed by atoms with Gasteiger partial charge in [-0.05, 0) is 18.0 Å². The summed E-state index contributed by atoms with van der Waals surface area (Å²) in [7, 11) is 0. The SMILES string of the molecule is C#CC#CC#CN1CCN(C=C)C1. The molecule has 1 saturated heterocycles. The minimum atomic E-state index is 0.800. The highest BCUT2D eigenvalue weighted by Gasteiger charge is 2.12. The molecular formula is C11H10N2. The van der Waals surface area contributed by atoms with Gasteiger partial charge in [0.15, 0.2) is 0 Å². The van der Waals surface area contributed by atoms with Gasteiger partial charge in [0.05, 0.1) is 6.67 Å². The second-order valence-electron chi connectivity index (χ2n) is 2.53. The van der Waals surface area contributed by atoms with Crippen molar-refractivity contribution in [1.29, 1.82) is 0 Å². The summed E-state index contributed by atoms with van der Waals surface area (Å²) in [5.74, 6) is 9.89. The van der Waals surface area contributed by atoms with Crippen LogP contribution in [0.25, 0.3) is 0 Å². The highest BCUT2D eigenvalue weighted by molar-refractivity contribution is 5.33. The van der Waals surface area contributed by atoms with Gasteiger partial charge < -0.3 is 9.80 Å². The lowest BCUT2D eigenvalue weighted by Gasteiger charge is -2.10. The van der Waals surface area contributed by atoms with Crippen LogP contribution in [0.3, 0.4) is 0 Å². The van der Waals surface area contributed by atoms with Crippen molar-refractivity contribution < 1.29 is 0 Å². The van der Waals surface area contributed by atoms with Crippen molar-refractivity contribution in [2.75, 3.05) is 19.8 Å². The van der Waals surface area contributed by atoms with Crippen LogP contribution in [-0.4, -0.2) is 29.6 Å². The first-order valence-electron chi connectivity index (χ1n) is 3.94. The fourth-order valence-corrected chi connectivity index (χ4v) is 1.02. The fraction of sp³-hybridized carbons (Fsp3) is 0.273. The summed E-state index contributed by atoms with van der Waals surface area (Å²) in [5.41, 5.74) is 0. The maximum absolute atomic E-state index is 4.94. The third-order valence-corrected chi connectivity index (χ3v) is 1.68. The highest BCUT2D eigenvalue weighted by atomic mass is 15.3. The van der Waals surface area contributed by atoms with Gasteiger partial charge in [-0.15, -0.1) is 6.42 Å². The van der Waals surface area contributed by atoms with Gasteiger partial charge in [0.2, 0.25) is 0 Å². The van der Waals surface area contributed by atoms with E-state index < -0.39 is 0 Å². The van der Waals surface area contributed by atoms with Crippen molar-refractivity contribution in [3.63, 3.8) is 0 Å². The molecule has 1 heterocycles. The molecule has 0 amide bonds. The zero-order valence-corrected chi connectivity index (χ0v) is 7.38. The Morgan fingerprint density at radius 1 is 1.23 bits per heavy atom. The molecule has 0 aromatic rings. The number of nitrogens with zero attached hydrogens (tertiary/aromatic N) is 2. The lowest BCUT2D eigenvalue weighted by atomic mass is 10.5. The minimum absolute atomic E-state index is 0.800. The first-order chi connectivity index (χ1) is 6.36. The fourth-order valence-electron chi connectivity index (χ4n) is 1.02. The molecule has 1 fully saturated rings. The van der Waals surface area contributed by atoms with Crippen molar-refractivity contribution in [2.45, 2.75) is 0 Å². The second-order valence-corrected chi connectivity index (χ2v) is 2.53. The summed E-state index contributed by atoms with van der Waals surface area (Å²) >= 11 is 0. The molecule has 1 rings (SSSR count). The Morgan fingerprint density at radius 2 is 2.08 bits per heavy atom. The third kappa shape index (κ3) is 2.86. The number of rotatable bonds is 1. The Labute approximate surface area is 79.2 Å². The lowest BCUT2D eigenvalue weighted by Crippen LogP contribution is -2.17. The van der Waals surface area contributed by atoms with Crippen LogP contribution in [0.15, 0.2) is 12.8 Å². The number of terminal acetylenes is 1. The molecular weight excluding hydrogens is 160 g/mol. The lowest BCUT2D eigenvalue weighted by molar-refractivity contribution is 0.383. The van der Waals surface area contributed by atoms with Gasteiger partial charge in [0.1, 0.15) is 0 Å². The van der Waals surface area contributed by atoms with E-state index in [0.29, 0.717) is 0 Å². The van der Waals surface area contributed by atoms with Gasteiger partial charge in [-0.1, -0.05) is 6.58 Å². The van der Waals surface area contributed by atoms with Crippen LogP contribution in [-0.2, 0) is 0 Å². The minimum Gasteiger partial charge on any atom is -0.358 e. The molecule has 0 saturated carbocycles. The monoisotopic (exact) mass is 170 g/mol. The Bertz CT molecular complexity index is 340. The molecule has 0 bridgehead atoms. The molecule has 0 unspecified atom stereocenters. The van der Waals surface area contributed by atoms with E-state index in [9.17, 15) is 0 Å². The molecule has 0 N–H and O–H groups in total. The normalized spacial score (nSPS) is 13.5.